The predicted octanol–water partition coefficient (Wildman–Crippen LogP) is 4.16. The van der Waals surface area contributed by atoms with Gasteiger partial charge in [-0.1, -0.05) is 18.7 Å². The maximum atomic E-state index is 13.2. The van der Waals surface area contributed by atoms with Gasteiger partial charge in [0.2, 0.25) is 0 Å². The lowest BCUT2D eigenvalue weighted by molar-refractivity contribution is 0.283. The number of halogens is 1. The molecule has 3 aromatic rings. The first-order valence-corrected chi connectivity index (χ1v) is 9.16. The van der Waals surface area contributed by atoms with E-state index in [2.05, 4.69) is 27.1 Å². The second-order valence-electron chi connectivity index (χ2n) is 6.43. The molecule has 1 fully saturated rings. The van der Waals surface area contributed by atoms with Crippen molar-refractivity contribution in [3.8, 4) is 10.7 Å². The second-order valence-corrected chi connectivity index (χ2v) is 7.46. The quantitative estimate of drug-likeness (QED) is 0.708. The van der Waals surface area contributed by atoms with Gasteiger partial charge >= 0.3 is 0 Å². The summed E-state index contributed by atoms with van der Waals surface area (Å²) in [6.45, 7) is 3.72. The minimum Gasteiger partial charge on any atom is -0.398 e. The molecule has 0 atom stereocenters. The Morgan fingerprint density at radius 1 is 1.15 bits per heavy atom. The maximum Gasteiger partial charge on any atom is 0.149 e. The molecule has 4 rings (SSSR count). The van der Waals surface area contributed by atoms with E-state index in [0.717, 1.165) is 34.7 Å². The molecular weight excluding hydrogens is 349 g/mol. The number of nitrogens with two attached hydrogens (primary N) is 1. The first-order chi connectivity index (χ1) is 12.6. The van der Waals surface area contributed by atoms with Gasteiger partial charge in [0.15, 0.2) is 0 Å². The third-order valence-corrected chi connectivity index (χ3v) is 5.77. The van der Waals surface area contributed by atoms with E-state index in [9.17, 15) is 4.39 Å². The number of rotatable bonds is 5. The molecule has 2 aromatic heterocycles. The first-order valence-electron chi connectivity index (χ1n) is 8.35. The van der Waals surface area contributed by atoms with Crippen LogP contribution in [0.5, 0.6) is 0 Å². The maximum absolute atomic E-state index is 13.2. The molecular formula is C19H18FN5S. The summed E-state index contributed by atoms with van der Waals surface area (Å²) in [6.07, 6.45) is 4.78. The molecule has 1 aliphatic rings. The number of hydrogen-bond donors (Lipinski definition) is 2. The molecule has 132 valence electrons. The molecule has 1 aromatic carbocycles. The number of nitrogens with zero attached hydrogens (tertiary/aromatic N) is 3. The zero-order valence-electron chi connectivity index (χ0n) is 14.1. The van der Waals surface area contributed by atoms with E-state index in [-0.39, 0.29) is 11.4 Å². The van der Waals surface area contributed by atoms with Crippen molar-refractivity contribution in [1.29, 1.82) is 0 Å². The minimum absolute atomic E-state index is 0.199. The van der Waals surface area contributed by atoms with Crippen molar-refractivity contribution in [3.05, 3.63) is 65.4 Å². The van der Waals surface area contributed by atoms with E-state index in [1.54, 1.807) is 6.20 Å². The molecule has 0 bridgehead atoms. The molecule has 0 amide bonds. The molecule has 2 heterocycles. The van der Waals surface area contributed by atoms with Gasteiger partial charge in [0.25, 0.3) is 0 Å². The largest absolute Gasteiger partial charge is 0.398 e. The molecule has 1 saturated carbocycles. The van der Waals surface area contributed by atoms with Crippen LogP contribution in [-0.4, -0.2) is 15.2 Å². The van der Waals surface area contributed by atoms with E-state index >= 15 is 0 Å². The summed E-state index contributed by atoms with van der Waals surface area (Å²) >= 11 is 1.43. The third-order valence-electron chi connectivity index (χ3n) is 4.68. The highest BCUT2D eigenvalue weighted by molar-refractivity contribution is 7.16. The van der Waals surface area contributed by atoms with Gasteiger partial charge in [-0.05, 0) is 49.1 Å². The smallest absolute Gasteiger partial charge is 0.149 e. The van der Waals surface area contributed by atoms with Gasteiger partial charge in [0.1, 0.15) is 22.3 Å². The van der Waals surface area contributed by atoms with Crippen LogP contribution in [0, 0.1) is 5.82 Å². The summed E-state index contributed by atoms with van der Waals surface area (Å²) in [5.74, 6) is 0.466. The van der Waals surface area contributed by atoms with Crippen LogP contribution in [0.2, 0.25) is 0 Å². The Kier molecular flexibility index (Phi) is 4.16. The summed E-state index contributed by atoms with van der Waals surface area (Å²) in [4.78, 5) is 5.14. The van der Waals surface area contributed by atoms with Gasteiger partial charge < -0.3 is 11.1 Å². The Morgan fingerprint density at radius 2 is 1.92 bits per heavy atom. The van der Waals surface area contributed by atoms with Crippen LogP contribution in [0.25, 0.3) is 16.4 Å². The van der Waals surface area contributed by atoms with Gasteiger partial charge in [-0.15, -0.1) is 21.5 Å². The zero-order chi connectivity index (χ0) is 18.1. The number of nitrogens with one attached hydrogen (secondary N) is 1. The number of thiazole rings is 1. The Labute approximate surface area is 154 Å². The van der Waals surface area contributed by atoms with Gasteiger partial charge in [-0.25, -0.2) is 9.37 Å². The van der Waals surface area contributed by atoms with E-state index in [1.165, 1.54) is 23.5 Å². The Bertz CT molecular complexity index is 929. The van der Waals surface area contributed by atoms with Crippen molar-refractivity contribution in [1.82, 2.24) is 15.2 Å². The fraction of sp³-hybridized carbons (Fsp3) is 0.211. The van der Waals surface area contributed by atoms with Crippen LogP contribution in [0.3, 0.4) is 0 Å². The average Bonchev–Trinajstić information content (AvgIpc) is 3.10. The lowest BCUT2D eigenvalue weighted by Crippen LogP contribution is -2.42. The van der Waals surface area contributed by atoms with Crippen molar-refractivity contribution >= 4 is 22.9 Å². The summed E-state index contributed by atoms with van der Waals surface area (Å²) in [6, 6.07) is 10.4. The molecule has 0 radical (unpaired) electrons. The van der Waals surface area contributed by atoms with Crippen LogP contribution in [0.1, 0.15) is 29.7 Å². The van der Waals surface area contributed by atoms with Gasteiger partial charge in [-0.2, -0.15) is 0 Å². The van der Waals surface area contributed by atoms with Crippen molar-refractivity contribution in [2.75, 3.05) is 5.32 Å². The zero-order valence-corrected chi connectivity index (χ0v) is 14.9. The topological polar surface area (TPSA) is 76.7 Å². The van der Waals surface area contributed by atoms with Crippen molar-refractivity contribution in [3.63, 3.8) is 0 Å². The van der Waals surface area contributed by atoms with Crippen LogP contribution < -0.4 is 11.1 Å². The molecule has 3 N–H and O–H groups in total. The van der Waals surface area contributed by atoms with Crippen LogP contribution >= 0.6 is 11.3 Å². The Hall–Kier alpha value is -2.80. The van der Waals surface area contributed by atoms with Crippen molar-refractivity contribution in [2.45, 2.75) is 24.8 Å². The molecule has 0 spiro atoms. The summed E-state index contributed by atoms with van der Waals surface area (Å²) in [5.41, 5.74) is 7.75. The molecule has 7 heteroatoms. The lowest BCUT2D eigenvalue weighted by Gasteiger charge is -2.43. The van der Waals surface area contributed by atoms with Gasteiger partial charge in [0, 0.05) is 11.9 Å². The fourth-order valence-electron chi connectivity index (χ4n) is 3.08. The highest BCUT2D eigenvalue weighted by Gasteiger charge is 2.39. The summed E-state index contributed by atoms with van der Waals surface area (Å²) < 4.78 is 13.2. The van der Waals surface area contributed by atoms with E-state index in [1.807, 2.05) is 24.3 Å². The van der Waals surface area contributed by atoms with Crippen LogP contribution in [-0.2, 0) is 5.54 Å². The lowest BCUT2D eigenvalue weighted by atomic mass is 9.72. The van der Waals surface area contributed by atoms with Crippen LogP contribution in [0.4, 0.5) is 10.2 Å². The molecule has 0 aliphatic heterocycles. The first kappa shape index (κ1) is 16.7. The summed E-state index contributed by atoms with van der Waals surface area (Å²) in [5, 5.41) is 12.8. The molecule has 26 heavy (non-hydrogen) atoms. The molecule has 0 saturated heterocycles. The number of hydrogen-bond acceptors (Lipinski definition) is 6. The number of anilines is 1. The highest BCUT2D eigenvalue weighted by Crippen LogP contribution is 2.43. The van der Waals surface area contributed by atoms with Gasteiger partial charge in [0.05, 0.1) is 10.4 Å². The standard InChI is InChI=1S/C19H18FN5S/c1-12(21)16-11-22-18(26-16)15-7-8-17(25-24-15)23-19(9-2-10-19)13-3-5-14(20)6-4-13/h3-8,11H,1-2,9-10,21H2,(H,23,25). The molecule has 1 aliphatic carbocycles. The normalized spacial score (nSPS) is 15.3. The minimum atomic E-state index is -0.227. The number of benzene rings is 1. The van der Waals surface area contributed by atoms with Gasteiger partial charge in [-0.3, -0.25) is 0 Å². The monoisotopic (exact) mass is 367 g/mol. The SMILES string of the molecule is C=C(N)c1cnc(-c2ccc(NC3(c4ccc(F)cc4)CCC3)nn2)s1. The average molecular weight is 367 g/mol. The van der Waals surface area contributed by atoms with E-state index < -0.39 is 0 Å². The second kappa shape index (κ2) is 6.49. The van der Waals surface area contributed by atoms with E-state index in [4.69, 9.17) is 5.73 Å². The highest BCUT2D eigenvalue weighted by atomic mass is 32.1. The molecule has 0 unspecified atom stereocenters. The van der Waals surface area contributed by atoms with Crippen molar-refractivity contribution in [2.24, 2.45) is 5.73 Å². The third kappa shape index (κ3) is 3.06. The Balaban J connectivity index is 1.54. The van der Waals surface area contributed by atoms with Crippen molar-refractivity contribution < 1.29 is 4.39 Å². The summed E-state index contributed by atoms with van der Waals surface area (Å²) in [7, 11) is 0. The van der Waals surface area contributed by atoms with Crippen LogP contribution in [0.15, 0.2) is 49.2 Å². The number of aromatic nitrogens is 3. The predicted molar refractivity (Wildman–Crippen MR) is 102 cm³/mol. The fourth-order valence-corrected chi connectivity index (χ4v) is 3.85. The van der Waals surface area contributed by atoms with E-state index in [0.29, 0.717) is 17.2 Å². The Morgan fingerprint density at radius 3 is 2.46 bits per heavy atom. The molecule has 5 nitrogen and oxygen atoms in total.